The lowest BCUT2D eigenvalue weighted by molar-refractivity contribution is 0.417. The number of benzene rings is 2. The van der Waals surface area contributed by atoms with E-state index in [4.69, 9.17) is 21.9 Å². The summed E-state index contributed by atoms with van der Waals surface area (Å²) in [7, 11) is 1.65. The van der Waals surface area contributed by atoms with Crippen molar-refractivity contribution in [2.75, 3.05) is 17.7 Å². The quantitative estimate of drug-likeness (QED) is 0.627. The molecule has 1 aliphatic heterocycles. The molecule has 0 radical (unpaired) electrons. The lowest BCUT2D eigenvalue weighted by atomic mass is 9.92. The number of aliphatic imine (C=N–C) groups is 1. The first-order valence-corrected chi connectivity index (χ1v) is 9.91. The largest absolute Gasteiger partial charge is 0.495 e. The number of hydrogen-bond donors (Lipinski definition) is 2. The van der Waals surface area contributed by atoms with Gasteiger partial charge in [0.15, 0.2) is 5.11 Å². The second-order valence-corrected chi connectivity index (χ2v) is 7.27. The van der Waals surface area contributed by atoms with Crippen LogP contribution in [0.3, 0.4) is 0 Å². The number of thiocarbonyl (C=S) groups is 1. The van der Waals surface area contributed by atoms with Crippen LogP contribution in [0.2, 0.25) is 0 Å². The van der Waals surface area contributed by atoms with Crippen LogP contribution in [0.15, 0.2) is 47.5 Å². The Labute approximate surface area is 167 Å². The van der Waals surface area contributed by atoms with Crippen molar-refractivity contribution in [3.05, 3.63) is 48.0 Å². The third-order valence-electron chi connectivity index (χ3n) is 5.02. The first kappa shape index (κ1) is 19.4. The summed E-state index contributed by atoms with van der Waals surface area (Å²) in [6, 6.07) is 13.9. The van der Waals surface area contributed by atoms with Gasteiger partial charge in [-0.25, -0.2) is 0 Å². The SMILES string of the molecule is CCCC1CCc2c(cccc2NC(=S)Nc2ccccc2OC)N=C1C. The van der Waals surface area contributed by atoms with Gasteiger partial charge in [-0.1, -0.05) is 31.5 Å². The van der Waals surface area contributed by atoms with E-state index in [1.807, 2.05) is 30.3 Å². The van der Waals surface area contributed by atoms with Gasteiger partial charge in [-0.2, -0.15) is 0 Å². The number of hydrogen-bond acceptors (Lipinski definition) is 3. The smallest absolute Gasteiger partial charge is 0.175 e. The maximum atomic E-state index is 5.54. The van der Waals surface area contributed by atoms with Gasteiger partial charge in [0.1, 0.15) is 5.75 Å². The Morgan fingerprint density at radius 2 is 1.89 bits per heavy atom. The molecule has 3 rings (SSSR count). The summed E-state index contributed by atoms with van der Waals surface area (Å²) in [4.78, 5) is 4.91. The molecular formula is C22H27N3OS. The van der Waals surface area contributed by atoms with Crippen LogP contribution in [0.1, 0.15) is 38.7 Å². The predicted octanol–water partition coefficient (Wildman–Crippen LogP) is 5.96. The normalized spacial score (nSPS) is 16.0. The van der Waals surface area contributed by atoms with E-state index in [1.165, 1.54) is 24.1 Å². The molecular weight excluding hydrogens is 354 g/mol. The van der Waals surface area contributed by atoms with E-state index < -0.39 is 0 Å². The zero-order valence-corrected chi connectivity index (χ0v) is 17.0. The molecule has 2 aromatic rings. The molecule has 1 atom stereocenters. The van der Waals surface area contributed by atoms with Gasteiger partial charge in [0.05, 0.1) is 18.5 Å². The average Bonchev–Trinajstić information content (AvgIpc) is 2.82. The minimum atomic E-state index is 0.544. The monoisotopic (exact) mass is 381 g/mol. The van der Waals surface area contributed by atoms with Crippen molar-refractivity contribution in [2.45, 2.75) is 39.5 Å². The summed E-state index contributed by atoms with van der Waals surface area (Å²) in [5.41, 5.74) is 5.39. The van der Waals surface area contributed by atoms with Crippen LogP contribution in [-0.4, -0.2) is 17.9 Å². The molecule has 0 fully saturated rings. The summed E-state index contributed by atoms with van der Waals surface area (Å²) < 4.78 is 5.38. The van der Waals surface area contributed by atoms with Crippen molar-refractivity contribution in [1.29, 1.82) is 0 Å². The third kappa shape index (κ3) is 4.66. The topological polar surface area (TPSA) is 45.6 Å². The van der Waals surface area contributed by atoms with E-state index in [1.54, 1.807) is 7.11 Å². The van der Waals surface area contributed by atoms with E-state index in [9.17, 15) is 0 Å². The van der Waals surface area contributed by atoms with E-state index in [0.29, 0.717) is 11.0 Å². The number of ether oxygens (including phenoxy) is 1. The molecule has 1 aliphatic rings. The molecule has 2 aromatic carbocycles. The van der Waals surface area contributed by atoms with Gasteiger partial charge < -0.3 is 15.4 Å². The first-order chi connectivity index (χ1) is 13.1. The third-order valence-corrected chi connectivity index (χ3v) is 5.23. The zero-order chi connectivity index (χ0) is 19.2. The van der Waals surface area contributed by atoms with E-state index in [0.717, 1.165) is 35.7 Å². The fourth-order valence-electron chi connectivity index (χ4n) is 3.59. The molecule has 0 amide bonds. The Hall–Kier alpha value is -2.40. The second kappa shape index (κ2) is 9.00. The Kier molecular flexibility index (Phi) is 6.45. The molecule has 0 saturated carbocycles. The summed E-state index contributed by atoms with van der Waals surface area (Å²) in [5, 5.41) is 7.13. The summed E-state index contributed by atoms with van der Waals surface area (Å²) in [6.07, 6.45) is 4.51. The van der Waals surface area contributed by atoms with Gasteiger partial charge in [-0.05, 0) is 68.6 Å². The standard InChI is InChI=1S/C22H27N3OS/c1-4-8-16-13-14-17-18(23-15(16)2)10-7-11-19(17)24-22(27)25-20-9-5-6-12-21(20)26-3/h5-7,9-12,16H,4,8,13-14H2,1-3H3,(H2,24,25,27). The van der Waals surface area contributed by atoms with Gasteiger partial charge in [-0.15, -0.1) is 0 Å². The van der Waals surface area contributed by atoms with Crippen LogP contribution < -0.4 is 15.4 Å². The van der Waals surface area contributed by atoms with Crippen molar-refractivity contribution in [3.8, 4) is 5.75 Å². The van der Waals surface area contributed by atoms with Crippen LogP contribution in [0.4, 0.5) is 17.1 Å². The molecule has 0 bridgehead atoms. The van der Waals surface area contributed by atoms with Crippen LogP contribution in [0, 0.1) is 5.92 Å². The maximum Gasteiger partial charge on any atom is 0.175 e. The number of nitrogens with zero attached hydrogens (tertiary/aromatic N) is 1. The van der Waals surface area contributed by atoms with Gasteiger partial charge in [-0.3, -0.25) is 4.99 Å². The Balaban J connectivity index is 1.78. The number of fused-ring (bicyclic) bond motifs is 1. The van der Waals surface area contributed by atoms with Gasteiger partial charge >= 0.3 is 0 Å². The van der Waals surface area contributed by atoms with Crippen LogP contribution in [-0.2, 0) is 6.42 Å². The first-order valence-electron chi connectivity index (χ1n) is 9.50. The van der Waals surface area contributed by atoms with Crippen LogP contribution >= 0.6 is 12.2 Å². The van der Waals surface area contributed by atoms with Crippen LogP contribution in [0.5, 0.6) is 5.75 Å². The highest BCUT2D eigenvalue weighted by Crippen LogP contribution is 2.34. The Bertz CT molecular complexity index is 847. The predicted molar refractivity (Wildman–Crippen MR) is 119 cm³/mol. The zero-order valence-electron chi connectivity index (χ0n) is 16.2. The number of anilines is 2. The molecule has 2 N–H and O–H groups in total. The average molecular weight is 382 g/mol. The second-order valence-electron chi connectivity index (χ2n) is 6.86. The van der Waals surface area contributed by atoms with Crippen molar-refractivity contribution >= 4 is 40.1 Å². The van der Waals surface area contributed by atoms with E-state index in [2.05, 4.69) is 36.6 Å². The fourth-order valence-corrected chi connectivity index (χ4v) is 3.81. The molecule has 1 unspecified atom stereocenters. The van der Waals surface area contributed by atoms with Crippen molar-refractivity contribution in [2.24, 2.45) is 10.9 Å². The molecule has 0 saturated heterocycles. The summed E-state index contributed by atoms with van der Waals surface area (Å²) >= 11 is 5.54. The number of nitrogens with one attached hydrogen (secondary N) is 2. The molecule has 1 heterocycles. The molecule has 27 heavy (non-hydrogen) atoms. The van der Waals surface area contributed by atoms with Gasteiger partial charge in [0.2, 0.25) is 0 Å². The highest BCUT2D eigenvalue weighted by molar-refractivity contribution is 7.80. The lowest BCUT2D eigenvalue weighted by Crippen LogP contribution is -2.20. The molecule has 5 heteroatoms. The van der Waals surface area contributed by atoms with Gasteiger partial charge in [0.25, 0.3) is 0 Å². The minimum Gasteiger partial charge on any atom is -0.495 e. The molecule has 4 nitrogen and oxygen atoms in total. The number of para-hydroxylation sites is 2. The fraction of sp³-hybridized carbons (Fsp3) is 0.364. The van der Waals surface area contributed by atoms with Crippen LogP contribution in [0.25, 0.3) is 0 Å². The highest BCUT2D eigenvalue weighted by Gasteiger charge is 2.19. The Morgan fingerprint density at radius 3 is 2.67 bits per heavy atom. The molecule has 0 aromatic heterocycles. The van der Waals surface area contributed by atoms with Crippen molar-refractivity contribution < 1.29 is 4.74 Å². The minimum absolute atomic E-state index is 0.544. The molecule has 142 valence electrons. The number of rotatable bonds is 5. The highest BCUT2D eigenvalue weighted by atomic mass is 32.1. The number of methoxy groups -OCH3 is 1. The van der Waals surface area contributed by atoms with Crippen molar-refractivity contribution in [3.63, 3.8) is 0 Å². The summed E-state index contributed by atoms with van der Waals surface area (Å²) in [6.45, 7) is 4.39. The summed E-state index contributed by atoms with van der Waals surface area (Å²) in [5.74, 6) is 1.32. The van der Waals surface area contributed by atoms with E-state index >= 15 is 0 Å². The Morgan fingerprint density at radius 1 is 1.15 bits per heavy atom. The van der Waals surface area contributed by atoms with Crippen molar-refractivity contribution in [1.82, 2.24) is 0 Å². The molecule has 0 spiro atoms. The molecule has 0 aliphatic carbocycles. The lowest BCUT2D eigenvalue weighted by Gasteiger charge is -2.16. The van der Waals surface area contributed by atoms with Gasteiger partial charge in [0, 0.05) is 17.0 Å². The maximum absolute atomic E-state index is 5.54. The van der Waals surface area contributed by atoms with E-state index in [-0.39, 0.29) is 0 Å².